The smallest absolute Gasteiger partial charge is 0.151 e. The molecule has 0 aliphatic carbocycles. The van der Waals surface area contributed by atoms with Crippen LogP contribution in [-0.4, -0.2) is 9.38 Å². The highest BCUT2D eigenvalue weighted by molar-refractivity contribution is 9.10. The summed E-state index contributed by atoms with van der Waals surface area (Å²) < 4.78 is 15.5. The van der Waals surface area contributed by atoms with E-state index in [-0.39, 0.29) is 5.82 Å². The summed E-state index contributed by atoms with van der Waals surface area (Å²) in [5.41, 5.74) is 2.42. The molecule has 1 aromatic carbocycles. The average Bonchev–Trinajstić information content (AvgIpc) is 2.74. The molecular formula is C13H7BrClFN2. The Kier molecular flexibility index (Phi) is 2.84. The van der Waals surface area contributed by atoms with Crippen molar-refractivity contribution in [1.82, 2.24) is 9.38 Å². The summed E-state index contributed by atoms with van der Waals surface area (Å²) in [5.74, 6) is -0.258. The Morgan fingerprint density at radius 1 is 1.17 bits per heavy atom. The van der Waals surface area contributed by atoms with Gasteiger partial charge in [-0.3, -0.25) is 0 Å². The number of rotatable bonds is 1. The standard InChI is InChI=1S/C13H7BrClFN2/c14-11-5-9(15)6-18-7-12(17-13(11)18)8-1-3-10(16)4-2-8/h1-7H. The highest BCUT2D eigenvalue weighted by atomic mass is 79.9. The molecule has 0 atom stereocenters. The monoisotopic (exact) mass is 324 g/mol. The minimum absolute atomic E-state index is 0.258. The van der Waals surface area contributed by atoms with Crippen molar-refractivity contribution in [3.8, 4) is 11.3 Å². The number of benzene rings is 1. The van der Waals surface area contributed by atoms with Crippen LogP contribution in [0.25, 0.3) is 16.9 Å². The number of halogens is 3. The molecule has 2 nitrogen and oxygen atoms in total. The highest BCUT2D eigenvalue weighted by Crippen LogP contribution is 2.26. The van der Waals surface area contributed by atoms with Crippen molar-refractivity contribution in [2.24, 2.45) is 0 Å². The van der Waals surface area contributed by atoms with E-state index in [1.54, 1.807) is 24.4 Å². The van der Waals surface area contributed by atoms with Crippen LogP contribution in [0.4, 0.5) is 4.39 Å². The van der Waals surface area contributed by atoms with E-state index in [1.807, 2.05) is 10.6 Å². The van der Waals surface area contributed by atoms with Crippen LogP contribution in [0.2, 0.25) is 5.02 Å². The van der Waals surface area contributed by atoms with Gasteiger partial charge in [0.05, 0.1) is 15.2 Å². The normalized spacial score (nSPS) is 11.1. The van der Waals surface area contributed by atoms with Crippen LogP contribution >= 0.6 is 27.5 Å². The Balaban J connectivity index is 2.19. The third kappa shape index (κ3) is 2.02. The van der Waals surface area contributed by atoms with Crippen molar-refractivity contribution < 1.29 is 4.39 Å². The molecule has 3 rings (SSSR count). The van der Waals surface area contributed by atoms with E-state index < -0.39 is 0 Å². The zero-order valence-electron chi connectivity index (χ0n) is 9.07. The van der Waals surface area contributed by atoms with Crippen molar-refractivity contribution in [1.29, 1.82) is 0 Å². The number of aromatic nitrogens is 2. The number of nitrogens with zero attached hydrogens (tertiary/aromatic N) is 2. The molecule has 0 aliphatic heterocycles. The van der Waals surface area contributed by atoms with Gasteiger partial charge >= 0.3 is 0 Å². The fraction of sp³-hybridized carbons (Fsp3) is 0. The molecule has 0 bridgehead atoms. The van der Waals surface area contributed by atoms with Crippen LogP contribution in [-0.2, 0) is 0 Å². The fourth-order valence-electron chi connectivity index (χ4n) is 1.78. The van der Waals surface area contributed by atoms with Crippen LogP contribution in [0.15, 0.2) is 47.2 Å². The first kappa shape index (κ1) is 11.7. The zero-order chi connectivity index (χ0) is 12.7. The second-order valence-corrected chi connectivity index (χ2v) is 5.16. The van der Waals surface area contributed by atoms with E-state index in [0.29, 0.717) is 5.02 Å². The van der Waals surface area contributed by atoms with E-state index in [4.69, 9.17) is 11.6 Å². The Morgan fingerprint density at radius 3 is 2.61 bits per heavy atom. The number of fused-ring (bicyclic) bond motifs is 1. The molecule has 5 heteroatoms. The zero-order valence-corrected chi connectivity index (χ0v) is 11.4. The molecular weight excluding hydrogens is 319 g/mol. The lowest BCUT2D eigenvalue weighted by molar-refractivity contribution is 0.628. The molecule has 2 heterocycles. The Labute approximate surface area is 116 Å². The predicted octanol–water partition coefficient (Wildman–Crippen LogP) is 4.56. The van der Waals surface area contributed by atoms with Gasteiger partial charge in [0.15, 0.2) is 5.65 Å². The molecule has 3 aromatic rings. The Hall–Kier alpha value is -1.39. The molecule has 0 radical (unpaired) electrons. The van der Waals surface area contributed by atoms with Crippen molar-refractivity contribution in [2.45, 2.75) is 0 Å². The minimum Gasteiger partial charge on any atom is -0.304 e. The van der Waals surface area contributed by atoms with Crippen LogP contribution in [0, 0.1) is 5.82 Å². The Morgan fingerprint density at radius 2 is 1.89 bits per heavy atom. The molecule has 0 fully saturated rings. The van der Waals surface area contributed by atoms with Gasteiger partial charge in [-0.1, -0.05) is 11.6 Å². The molecule has 2 aromatic heterocycles. The minimum atomic E-state index is -0.258. The topological polar surface area (TPSA) is 17.3 Å². The Bertz CT molecular complexity index is 722. The maximum absolute atomic E-state index is 12.9. The van der Waals surface area contributed by atoms with Crippen LogP contribution < -0.4 is 0 Å². The fourth-order valence-corrected chi connectivity index (χ4v) is 2.67. The summed E-state index contributed by atoms with van der Waals surface area (Å²) in [6.45, 7) is 0. The number of pyridine rings is 1. The second kappa shape index (κ2) is 4.37. The van der Waals surface area contributed by atoms with Crippen LogP contribution in [0.5, 0.6) is 0 Å². The highest BCUT2D eigenvalue weighted by Gasteiger charge is 2.08. The third-order valence-corrected chi connectivity index (χ3v) is 3.40. The molecule has 0 amide bonds. The number of hydrogen-bond donors (Lipinski definition) is 0. The maximum Gasteiger partial charge on any atom is 0.151 e. The second-order valence-electron chi connectivity index (χ2n) is 3.87. The lowest BCUT2D eigenvalue weighted by Crippen LogP contribution is -1.83. The van der Waals surface area contributed by atoms with Gasteiger partial charge in [-0.2, -0.15) is 0 Å². The maximum atomic E-state index is 12.9. The lowest BCUT2D eigenvalue weighted by atomic mass is 10.2. The molecule has 0 saturated heterocycles. The van der Waals surface area contributed by atoms with Gasteiger partial charge in [0.25, 0.3) is 0 Å². The quantitative estimate of drug-likeness (QED) is 0.641. The van der Waals surface area contributed by atoms with Crippen molar-refractivity contribution in [2.75, 3.05) is 0 Å². The predicted molar refractivity (Wildman–Crippen MR) is 73.3 cm³/mol. The molecule has 0 unspecified atom stereocenters. The number of imidazole rings is 1. The largest absolute Gasteiger partial charge is 0.304 e. The first-order valence-corrected chi connectivity index (χ1v) is 6.40. The van der Waals surface area contributed by atoms with Crippen molar-refractivity contribution in [3.63, 3.8) is 0 Å². The summed E-state index contributed by atoms with van der Waals surface area (Å²) in [4.78, 5) is 4.49. The van der Waals surface area contributed by atoms with Crippen LogP contribution in [0.3, 0.4) is 0 Å². The summed E-state index contributed by atoms with van der Waals surface area (Å²) >= 11 is 9.39. The molecule has 90 valence electrons. The van der Waals surface area contributed by atoms with Gasteiger partial charge in [0, 0.05) is 18.0 Å². The van der Waals surface area contributed by atoms with Gasteiger partial charge < -0.3 is 4.40 Å². The van der Waals surface area contributed by atoms with E-state index >= 15 is 0 Å². The number of hydrogen-bond acceptors (Lipinski definition) is 1. The summed E-state index contributed by atoms with van der Waals surface area (Å²) in [6.07, 6.45) is 3.64. The molecule has 0 aliphatic rings. The van der Waals surface area contributed by atoms with Gasteiger partial charge in [0.2, 0.25) is 0 Å². The first-order valence-electron chi connectivity index (χ1n) is 5.23. The van der Waals surface area contributed by atoms with E-state index in [0.717, 1.165) is 21.4 Å². The molecule has 0 saturated carbocycles. The average molecular weight is 326 g/mol. The molecule has 18 heavy (non-hydrogen) atoms. The molecule has 0 spiro atoms. The SMILES string of the molecule is Fc1ccc(-c2cn3cc(Cl)cc(Br)c3n2)cc1. The van der Waals surface area contributed by atoms with Crippen LogP contribution in [0.1, 0.15) is 0 Å². The van der Waals surface area contributed by atoms with E-state index in [9.17, 15) is 4.39 Å². The van der Waals surface area contributed by atoms with Gasteiger partial charge in [-0.05, 0) is 46.3 Å². The summed E-state index contributed by atoms with van der Waals surface area (Å²) in [5, 5.41) is 0.623. The van der Waals surface area contributed by atoms with E-state index in [1.165, 1.54) is 12.1 Å². The van der Waals surface area contributed by atoms with Crippen molar-refractivity contribution in [3.05, 3.63) is 58.0 Å². The third-order valence-electron chi connectivity index (χ3n) is 2.61. The van der Waals surface area contributed by atoms with Gasteiger partial charge in [-0.25, -0.2) is 9.37 Å². The van der Waals surface area contributed by atoms with Gasteiger partial charge in [0.1, 0.15) is 5.82 Å². The van der Waals surface area contributed by atoms with Gasteiger partial charge in [-0.15, -0.1) is 0 Å². The van der Waals surface area contributed by atoms with E-state index in [2.05, 4.69) is 20.9 Å². The lowest BCUT2D eigenvalue weighted by Gasteiger charge is -1.96. The van der Waals surface area contributed by atoms with Crippen molar-refractivity contribution >= 4 is 33.2 Å². The first-order chi connectivity index (χ1) is 8.63. The molecule has 0 N–H and O–H groups in total. The summed E-state index contributed by atoms with van der Waals surface area (Å²) in [6, 6.07) is 8.03. The summed E-state index contributed by atoms with van der Waals surface area (Å²) in [7, 11) is 0.